The molecular weight excluding hydrogens is 270 g/mol. The highest BCUT2D eigenvalue weighted by Gasteiger charge is 2.29. The van der Waals surface area contributed by atoms with Crippen LogP contribution in [0, 0.1) is 6.92 Å². The second-order valence-electron chi connectivity index (χ2n) is 5.41. The molecular formula is C16H27NO2S. The van der Waals surface area contributed by atoms with Gasteiger partial charge in [-0.2, -0.15) is 0 Å². The zero-order valence-corrected chi connectivity index (χ0v) is 13.8. The maximum Gasteiger partial charge on any atom is 0.154 e. The van der Waals surface area contributed by atoms with Gasteiger partial charge in [-0.1, -0.05) is 43.7 Å². The zero-order chi connectivity index (χ0) is 15.2. The summed E-state index contributed by atoms with van der Waals surface area (Å²) in [6, 6.07) is 8.00. The van der Waals surface area contributed by atoms with E-state index in [4.69, 9.17) is 0 Å². The molecule has 2 unspecified atom stereocenters. The number of hydrogen-bond acceptors (Lipinski definition) is 3. The minimum Gasteiger partial charge on any atom is -0.309 e. The topological polar surface area (TPSA) is 46.2 Å². The highest BCUT2D eigenvalue weighted by molar-refractivity contribution is 7.92. The van der Waals surface area contributed by atoms with Crippen LogP contribution in [0.15, 0.2) is 24.3 Å². The van der Waals surface area contributed by atoms with Crippen LogP contribution in [0.1, 0.15) is 50.8 Å². The van der Waals surface area contributed by atoms with Crippen LogP contribution < -0.4 is 5.32 Å². The largest absolute Gasteiger partial charge is 0.309 e. The Labute approximate surface area is 123 Å². The molecule has 0 amide bonds. The smallest absolute Gasteiger partial charge is 0.154 e. The molecule has 0 heterocycles. The zero-order valence-electron chi connectivity index (χ0n) is 13.0. The van der Waals surface area contributed by atoms with Gasteiger partial charge in [0, 0.05) is 6.04 Å². The molecule has 0 fully saturated rings. The van der Waals surface area contributed by atoms with Crippen LogP contribution in [0.5, 0.6) is 0 Å². The Bertz CT molecular complexity index is 494. The Morgan fingerprint density at radius 2 is 1.70 bits per heavy atom. The molecule has 0 saturated carbocycles. The number of sulfone groups is 1. The predicted molar refractivity (Wildman–Crippen MR) is 85.8 cm³/mol. The van der Waals surface area contributed by atoms with Gasteiger partial charge >= 0.3 is 0 Å². The Hall–Kier alpha value is -0.870. The van der Waals surface area contributed by atoms with Crippen LogP contribution in [-0.4, -0.2) is 26.0 Å². The summed E-state index contributed by atoms with van der Waals surface area (Å²) in [6.45, 7) is 8.67. The Balaban J connectivity index is 3.02. The van der Waals surface area contributed by atoms with E-state index in [2.05, 4.69) is 12.2 Å². The van der Waals surface area contributed by atoms with E-state index in [1.54, 1.807) is 0 Å². The van der Waals surface area contributed by atoms with Crippen LogP contribution in [-0.2, 0) is 9.84 Å². The molecule has 0 spiro atoms. The van der Waals surface area contributed by atoms with Crippen molar-refractivity contribution >= 4 is 9.84 Å². The first kappa shape index (κ1) is 17.2. The van der Waals surface area contributed by atoms with E-state index in [0.717, 1.165) is 18.5 Å². The lowest BCUT2D eigenvalue weighted by Gasteiger charge is -2.25. The van der Waals surface area contributed by atoms with Gasteiger partial charge in [0.05, 0.1) is 11.0 Å². The molecule has 2 atom stereocenters. The van der Waals surface area contributed by atoms with Gasteiger partial charge in [-0.05, 0) is 38.8 Å². The van der Waals surface area contributed by atoms with Crippen LogP contribution in [0.2, 0.25) is 0 Å². The molecule has 20 heavy (non-hydrogen) atoms. The van der Waals surface area contributed by atoms with Gasteiger partial charge in [-0.3, -0.25) is 0 Å². The average molecular weight is 297 g/mol. The van der Waals surface area contributed by atoms with Gasteiger partial charge in [0.15, 0.2) is 9.84 Å². The first-order valence-electron chi connectivity index (χ1n) is 7.43. The molecule has 0 aliphatic rings. The van der Waals surface area contributed by atoms with E-state index in [1.807, 2.05) is 45.0 Å². The van der Waals surface area contributed by atoms with Gasteiger partial charge in [-0.15, -0.1) is 0 Å². The first-order chi connectivity index (χ1) is 9.42. The quantitative estimate of drug-likeness (QED) is 0.801. The maximum atomic E-state index is 12.3. The number of nitrogens with one attached hydrogen (secondary N) is 1. The predicted octanol–water partition coefficient (Wildman–Crippen LogP) is 3.25. The summed E-state index contributed by atoms with van der Waals surface area (Å²) in [5, 5.41) is 2.98. The number of benzene rings is 1. The van der Waals surface area contributed by atoms with Crippen LogP contribution in [0.4, 0.5) is 0 Å². The van der Waals surface area contributed by atoms with E-state index in [9.17, 15) is 8.42 Å². The lowest BCUT2D eigenvalue weighted by Crippen LogP contribution is -2.37. The van der Waals surface area contributed by atoms with Crippen molar-refractivity contribution in [3.63, 3.8) is 0 Å². The van der Waals surface area contributed by atoms with Crippen LogP contribution in [0.25, 0.3) is 0 Å². The molecule has 1 rings (SSSR count). The van der Waals surface area contributed by atoms with Crippen molar-refractivity contribution in [3.8, 4) is 0 Å². The van der Waals surface area contributed by atoms with Gasteiger partial charge in [0.2, 0.25) is 0 Å². The summed E-state index contributed by atoms with van der Waals surface area (Å²) in [5.74, 6) is 0.254. The Morgan fingerprint density at radius 3 is 2.20 bits per heavy atom. The molecule has 0 aromatic heterocycles. The van der Waals surface area contributed by atoms with Gasteiger partial charge in [0.25, 0.3) is 0 Å². The molecule has 0 radical (unpaired) electrons. The molecule has 1 aromatic carbocycles. The monoisotopic (exact) mass is 297 g/mol. The first-order valence-corrected chi connectivity index (χ1v) is 9.15. The fourth-order valence-corrected chi connectivity index (χ4v) is 3.92. The molecule has 1 aromatic rings. The lowest BCUT2D eigenvalue weighted by atomic mass is 10.0. The summed E-state index contributed by atoms with van der Waals surface area (Å²) < 4.78 is 24.7. The molecule has 0 aliphatic heterocycles. The highest BCUT2D eigenvalue weighted by Crippen LogP contribution is 2.23. The van der Waals surface area contributed by atoms with Crippen molar-refractivity contribution in [2.75, 3.05) is 12.3 Å². The summed E-state index contributed by atoms with van der Waals surface area (Å²) in [7, 11) is -3.06. The molecule has 0 bridgehead atoms. The van der Waals surface area contributed by atoms with Gasteiger partial charge in [-0.25, -0.2) is 8.42 Å². The van der Waals surface area contributed by atoms with Crippen molar-refractivity contribution in [2.45, 2.75) is 51.8 Å². The fourth-order valence-electron chi connectivity index (χ4n) is 2.31. The standard InChI is InChI=1S/C16H27NO2S/c1-5-11-17-16(14(4)20(18,19)12-6-2)15-9-7-13(3)8-10-15/h7-10,14,16-17H,5-6,11-12H2,1-4H3. The summed E-state index contributed by atoms with van der Waals surface area (Å²) >= 11 is 0. The molecule has 4 heteroatoms. The minimum absolute atomic E-state index is 0.132. The fraction of sp³-hybridized carbons (Fsp3) is 0.625. The van der Waals surface area contributed by atoms with E-state index in [-0.39, 0.29) is 11.8 Å². The average Bonchev–Trinajstić information content (AvgIpc) is 2.40. The number of hydrogen-bond donors (Lipinski definition) is 1. The normalized spacial score (nSPS) is 15.0. The number of aryl methyl sites for hydroxylation is 1. The third kappa shape index (κ3) is 4.60. The van der Waals surface area contributed by atoms with Crippen LogP contribution in [0.3, 0.4) is 0 Å². The second-order valence-corrected chi connectivity index (χ2v) is 7.89. The van der Waals surface area contributed by atoms with Crippen LogP contribution >= 0.6 is 0 Å². The van der Waals surface area contributed by atoms with Crippen molar-refractivity contribution in [2.24, 2.45) is 0 Å². The van der Waals surface area contributed by atoms with Gasteiger partial charge < -0.3 is 5.32 Å². The maximum absolute atomic E-state index is 12.3. The molecule has 3 nitrogen and oxygen atoms in total. The van der Waals surface area contributed by atoms with Gasteiger partial charge in [0.1, 0.15) is 0 Å². The third-order valence-electron chi connectivity index (χ3n) is 3.58. The summed E-state index contributed by atoms with van der Waals surface area (Å²) in [4.78, 5) is 0. The summed E-state index contributed by atoms with van der Waals surface area (Å²) in [5.41, 5.74) is 2.24. The molecule has 0 aliphatic carbocycles. The second kappa shape index (κ2) is 7.79. The molecule has 1 N–H and O–H groups in total. The highest BCUT2D eigenvalue weighted by atomic mass is 32.2. The minimum atomic E-state index is -3.06. The molecule has 0 saturated heterocycles. The van der Waals surface area contributed by atoms with Crippen molar-refractivity contribution in [1.29, 1.82) is 0 Å². The SMILES string of the molecule is CCCNC(c1ccc(C)cc1)C(C)S(=O)(=O)CCC. The summed E-state index contributed by atoms with van der Waals surface area (Å²) in [6.07, 6.45) is 1.66. The third-order valence-corrected chi connectivity index (χ3v) is 5.96. The Morgan fingerprint density at radius 1 is 1.10 bits per heavy atom. The van der Waals surface area contributed by atoms with E-state index in [1.165, 1.54) is 5.56 Å². The molecule has 114 valence electrons. The van der Waals surface area contributed by atoms with E-state index >= 15 is 0 Å². The lowest BCUT2D eigenvalue weighted by molar-refractivity contribution is 0.497. The van der Waals surface area contributed by atoms with E-state index < -0.39 is 15.1 Å². The Kier molecular flexibility index (Phi) is 6.69. The van der Waals surface area contributed by atoms with Crippen molar-refractivity contribution < 1.29 is 8.42 Å². The van der Waals surface area contributed by atoms with E-state index in [0.29, 0.717) is 6.42 Å². The number of rotatable bonds is 8. The van der Waals surface area contributed by atoms with Crippen molar-refractivity contribution in [1.82, 2.24) is 5.32 Å². The van der Waals surface area contributed by atoms with Crippen molar-refractivity contribution in [3.05, 3.63) is 35.4 Å².